The van der Waals surface area contributed by atoms with Gasteiger partial charge in [0.1, 0.15) is 11.5 Å². The van der Waals surface area contributed by atoms with Crippen molar-refractivity contribution in [2.45, 2.75) is 0 Å². The molecule has 2 aromatic heterocycles. The van der Waals surface area contributed by atoms with Crippen LogP contribution in [0, 0.1) is 0 Å². The van der Waals surface area contributed by atoms with E-state index in [-0.39, 0.29) is 0 Å². The number of benzene rings is 4. The summed E-state index contributed by atoms with van der Waals surface area (Å²) in [6.07, 6.45) is 0. The number of anilines is 2. The molecule has 0 saturated heterocycles. The fraction of sp³-hybridized carbons (Fsp3) is 0.0667. The maximum Gasteiger partial charge on any atom is 0.189 e. The van der Waals surface area contributed by atoms with Gasteiger partial charge in [0.05, 0.1) is 46.0 Å². The summed E-state index contributed by atoms with van der Waals surface area (Å²) in [6.45, 7) is 0. The van der Waals surface area contributed by atoms with E-state index in [4.69, 9.17) is 29.4 Å². The van der Waals surface area contributed by atoms with Gasteiger partial charge in [0.15, 0.2) is 20.6 Å². The average Bonchev–Trinajstić information content (AvgIpc) is 3.59. The Morgan fingerprint density at radius 1 is 0.634 bits per heavy atom. The van der Waals surface area contributed by atoms with Crippen molar-refractivity contribution in [3.05, 3.63) is 97.1 Å². The molecule has 204 valence electrons. The smallest absolute Gasteiger partial charge is 0.189 e. The van der Waals surface area contributed by atoms with Gasteiger partial charge >= 0.3 is 0 Å². The Kier molecular flexibility index (Phi) is 8.08. The fourth-order valence-corrected chi connectivity index (χ4v) is 6.53. The van der Waals surface area contributed by atoms with E-state index >= 15 is 0 Å². The number of hydrogen-bond acceptors (Lipinski definition) is 9. The summed E-state index contributed by atoms with van der Waals surface area (Å²) in [5, 5.41) is 9.47. The normalized spacial score (nSPS) is 12.0. The molecule has 0 aliphatic heterocycles. The molecule has 0 bridgehead atoms. The number of thioether (sulfide) groups is 1. The third-order valence-corrected chi connectivity index (χ3v) is 8.43. The van der Waals surface area contributed by atoms with Crippen molar-refractivity contribution in [2.24, 2.45) is 9.98 Å². The Hall–Kier alpha value is -4.45. The molecule has 0 aliphatic rings. The van der Waals surface area contributed by atoms with Crippen molar-refractivity contribution in [1.29, 1.82) is 0 Å². The van der Waals surface area contributed by atoms with Crippen LogP contribution < -0.4 is 20.1 Å². The van der Waals surface area contributed by atoms with Gasteiger partial charge in [-0.15, -0.1) is 0 Å². The third kappa shape index (κ3) is 6.65. The molecule has 0 aliphatic carbocycles. The zero-order chi connectivity index (χ0) is 28.0. The van der Waals surface area contributed by atoms with Crippen LogP contribution in [-0.4, -0.2) is 34.5 Å². The van der Waals surface area contributed by atoms with E-state index in [0.717, 1.165) is 43.3 Å². The Morgan fingerprint density at radius 2 is 1.07 bits per heavy atom. The highest BCUT2D eigenvalue weighted by Crippen LogP contribution is 2.32. The lowest BCUT2D eigenvalue weighted by molar-refractivity contribution is 0.415. The van der Waals surface area contributed by atoms with Crippen LogP contribution in [0.1, 0.15) is 0 Å². The first-order valence-electron chi connectivity index (χ1n) is 12.5. The molecule has 6 aromatic rings. The van der Waals surface area contributed by atoms with Crippen molar-refractivity contribution < 1.29 is 9.47 Å². The van der Waals surface area contributed by atoms with Crippen LogP contribution >= 0.6 is 34.4 Å². The van der Waals surface area contributed by atoms with Crippen molar-refractivity contribution in [2.75, 3.05) is 24.9 Å². The predicted molar refractivity (Wildman–Crippen MR) is 174 cm³/mol. The van der Waals surface area contributed by atoms with E-state index in [1.165, 1.54) is 34.4 Å². The molecule has 11 heteroatoms. The molecular formula is C30H24N6O2S3. The lowest BCUT2D eigenvalue weighted by atomic mass is 10.3. The van der Waals surface area contributed by atoms with E-state index in [1.54, 1.807) is 14.2 Å². The molecule has 6 rings (SSSR count). The number of amidine groups is 2. The summed E-state index contributed by atoms with van der Waals surface area (Å²) >= 11 is 4.42. The maximum absolute atomic E-state index is 5.39. The number of para-hydroxylation sites is 2. The molecule has 8 nitrogen and oxygen atoms in total. The van der Waals surface area contributed by atoms with Gasteiger partial charge in [-0.05, 0) is 72.4 Å². The van der Waals surface area contributed by atoms with Crippen LogP contribution in [0.15, 0.2) is 107 Å². The molecule has 2 heterocycles. The number of thiazole rings is 2. The SMILES string of the molecule is COc1ccc2nc(NC(=Nc3ccccc3)SC(=Nc3ccccc3)Nc3nc4ccc(OC)cc4s3)sc2c1. The second kappa shape index (κ2) is 12.4. The zero-order valence-corrected chi connectivity index (χ0v) is 24.5. The fourth-order valence-electron chi connectivity index (χ4n) is 3.84. The summed E-state index contributed by atoms with van der Waals surface area (Å²) in [4.78, 5) is 19.3. The zero-order valence-electron chi connectivity index (χ0n) is 22.1. The first-order chi connectivity index (χ1) is 20.1. The first-order valence-corrected chi connectivity index (χ1v) is 15.0. The average molecular weight is 597 g/mol. The summed E-state index contributed by atoms with van der Waals surface area (Å²) in [7, 11) is 3.32. The number of methoxy groups -OCH3 is 2. The number of ether oxygens (including phenoxy) is 2. The molecule has 0 fully saturated rings. The van der Waals surface area contributed by atoms with Gasteiger partial charge in [0, 0.05) is 0 Å². The minimum Gasteiger partial charge on any atom is -0.497 e. The summed E-state index contributed by atoms with van der Waals surface area (Å²) in [6, 6.07) is 31.2. The highest BCUT2D eigenvalue weighted by atomic mass is 32.2. The molecule has 0 radical (unpaired) electrons. The number of aliphatic imine (C=N–C) groups is 2. The largest absolute Gasteiger partial charge is 0.497 e. The second-order valence-corrected chi connectivity index (χ2v) is 11.6. The maximum atomic E-state index is 5.39. The molecule has 0 amide bonds. The van der Waals surface area contributed by atoms with E-state index in [9.17, 15) is 0 Å². The highest BCUT2D eigenvalue weighted by Gasteiger charge is 2.15. The van der Waals surface area contributed by atoms with Crippen molar-refractivity contribution in [3.63, 3.8) is 0 Å². The number of hydrogen-bond donors (Lipinski definition) is 2. The van der Waals surface area contributed by atoms with Gasteiger partial charge in [-0.3, -0.25) is 0 Å². The van der Waals surface area contributed by atoms with Gasteiger partial charge in [-0.2, -0.15) is 0 Å². The van der Waals surface area contributed by atoms with Gasteiger partial charge < -0.3 is 20.1 Å². The monoisotopic (exact) mass is 596 g/mol. The summed E-state index contributed by atoms with van der Waals surface area (Å²) < 4.78 is 12.8. The Bertz CT molecular complexity index is 1720. The molecule has 0 saturated carbocycles. The molecule has 0 spiro atoms. The molecule has 0 unspecified atom stereocenters. The van der Waals surface area contributed by atoms with E-state index in [1.807, 2.05) is 97.1 Å². The molecule has 0 atom stereocenters. The van der Waals surface area contributed by atoms with Crippen molar-refractivity contribution in [1.82, 2.24) is 9.97 Å². The van der Waals surface area contributed by atoms with Crippen LogP contribution in [0.5, 0.6) is 11.5 Å². The molecule has 41 heavy (non-hydrogen) atoms. The highest BCUT2D eigenvalue weighted by molar-refractivity contribution is 8.27. The molecule has 2 N–H and O–H groups in total. The molecule has 4 aromatic carbocycles. The number of nitrogens with one attached hydrogen (secondary N) is 2. The Balaban J connectivity index is 1.35. The lowest BCUT2D eigenvalue weighted by Gasteiger charge is -2.10. The van der Waals surface area contributed by atoms with Crippen LogP contribution in [-0.2, 0) is 0 Å². The van der Waals surface area contributed by atoms with Crippen molar-refractivity contribution >= 4 is 86.8 Å². The summed E-state index contributed by atoms with van der Waals surface area (Å²) in [5.74, 6) is 1.57. The van der Waals surface area contributed by atoms with Gasteiger partial charge in [-0.1, -0.05) is 59.1 Å². The number of rotatable bonds is 6. The Labute approximate surface area is 248 Å². The van der Waals surface area contributed by atoms with E-state index < -0.39 is 0 Å². The van der Waals surface area contributed by atoms with Crippen LogP contribution in [0.3, 0.4) is 0 Å². The number of fused-ring (bicyclic) bond motifs is 2. The van der Waals surface area contributed by atoms with Crippen LogP contribution in [0.2, 0.25) is 0 Å². The standard InChI is InChI=1S/C30H24N6O2S3/c1-37-21-13-15-23-25(17-21)39-29(33-23)35-27(31-19-9-5-3-6-10-19)41-28(32-20-11-7-4-8-12-20)36-30-34-24-16-14-22(38-2)18-26(24)40-30/h3-18H,1-2H3,(H,31,33,35)(H,32,34,36). The van der Waals surface area contributed by atoms with E-state index in [0.29, 0.717) is 20.6 Å². The Morgan fingerprint density at radius 3 is 1.49 bits per heavy atom. The van der Waals surface area contributed by atoms with Gasteiger partial charge in [0.2, 0.25) is 0 Å². The number of aromatic nitrogens is 2. The van der Waals surface area contributed by atoms with Gasteiger partial charge in [0.25, 0.3) is 0 Å². The molecular weight excluding hydrogens is 573 g/mol. The second-order valence-electron chi connectivity index (χ2n) is 8.56. The lowest BCUT2D eigenvalue weighted by Crippen LogP contribution is -2.16. The first kappa shape index (κ1) is 26.8. The topological polar surface area (TPSA) is 93.0 Å². The van der Waals surface area contributed by atoms with Gasteiger partial charge in [-0.25, -0.2) is 20.0 Å². The van der Waals surface area contributed by atoms with Crippen molar-refractivity contribution in [3.8, 4) is 11.5 Å². The quantitative estimate of drug-likeness (QED) is 0.147. The summed E-state index contributed by atoms with van der Waals surface area (Å²) in [5.41, 5.74) is 3.36. The minimum atomic E-state index is 0.604. The number of nitrogens with zero attached hydrogens (tertiary/aromatic N) is 4. The predicted octanol–water partition coefficient (Wildman–Crippen LogP) is 8.56. The third-order valence-electron chi connectivity index (χ3n) is 5.79. The van der Waals surface area contributed by atoms with E-state index in [2.05, 4.69) is 10.6 Å². The minimum absolute atomic E-state index is 0.604. The van der Waals surface area contributed by atoms with Crippen LogP contribution in [0.25, 0.3) is 20.4 Å². The van der Waals surface area contributed by atoms with Crippen LogP contribution in [0.4, 0.5) is 21.6 Å².